The molecule has 58 heavy (non-hydrogen) atoms. The maximum absolute atomic E-state index is 12.5. The van der Waals surface area contributed by atoms with Crippen molar-refractivity contribution in [1.29, 1.82) is 0 Å². The molecule has 330 valence electrons. The van der Waals surface area contributed by atoms with E-state index in [-0.39, 0.29) is 12.5 Å². The first kappa shape index (κ1) is 48.3. The van der Waals surface area contributed by atoms with Gasteiger partial charge in [-0.1, -0.05) is 34.1 Å². The molecule has 20 nitrogen and oxygen atoms in total. The molecule has 15 atom stereocenters. The molecule has 0 saturated carbocycles. The van der Waals surface area contributed by atoms with Crippen LogP contribution in [0.1, 0.15) is 46.0 Å². The van der Waals surface area contributed by atoms with Gasteiger partial charge in [-0.05, 0) is 37.5 Å². The van der Waals surface area contributed by atoms with E-state index in [2.05, 4.69) is 21.3 Å². The molecule has 4 rings (SSSR count). The summed E-state index contributed by atoms with van der Waals surface area (Å²) in [6.07, 6.45) is -15.7. The Hall–Kier alpha value is -2.39. The molecular formula is C36H58N4O16S2. The third-order valence-electron chi connectivity index (χ3n) is 9.90. The number of ether oxygens (including phenoxy) is 4. The topological polar surface area (TPSA) is 318 Å². The van der Waals surface area contributed by atoms with Crippen molar-refractivity contribution >= 4 is 50.7 Å². The minimum atomic E-state index is -1.99. The van der Waals surface area contributed by atoms with Crippen LogP contribution in [0.2, 0.25) is 0 Å². The highest BCUT2D eigenvalue weighted by Gasteiger charge is 2.52. The number of rotatable bonds is 21. The summed E-state index contributed by atoms with van der Waals surface area (Å²) in [5.74, 6) is -0.292. The Bertz CT molecular complexity index is 1450. The second kappa shape index (κ2) is 23.6. The predicted octanol–water partition coefficient (Wildman–Crippen LogP) is -2.88. The lowest BCUT2D eigenvalue weighted by atomic mass is 9.94. The van der Waals surface area contributed by atoms with E-state index in [1.165, 1.54) is 12.2 Å². The van der Waals surface area contributed by atoms with Gasteiger partial charge in [0.25, 0.3) is 0 Å². The number of amides is 3. The van der Waals surface area contributed by atoms with Crippen LogP contribution in [-0.2, 0) is 33.3 Å². The van der Waals surface area contributed by atoms with Crippen LogP contribution in [0.3, 0.4) is 0 Å². The normalized spacial score (nSPS) is 32.1. The average Bonchev–Trinajstić information content (AvgIpc) is 3.72. The maximum Gasteiger partial charge on any atom is 0.224 e. The molecule has 1 aromatic carbocycles. The van der Waals surface area contributed by atoms with Gasteiger partial charge < -0.3 is 86.2 Å². The van der Waals surface area contributed by atoms with Crippen LogP contribution >= 0.6 is 21.6 Å². The molecule has 3 aliphatic heterocycles. The van der Waals surface area contributed by atoms with Gasteiger partial charge in [-0.3, -0.25) is 14.4 Å². The fourth-order valence-corrected chi connectivity index (χ4v) is 9.77. The first-order valence-corrected chi connectivity index (χ1v) is 21.5. The third kappa shape index (κ3) is 13.8. The Morgan fingerprint density at radius 3 is 2.14 bits per heavy atom. The molecule has 0 bridgehead atoms. The van der Waals surface area contributed by atoms with E-state index in [1.807, 2.05) is 21.6 Å². The molecule has 1 unspecified atom stereocenters. The van der Waals surface area contributed by atoms with E-state index in [9.17, 15) is 60.3 Å². The SMILES string of the molecule is CC(=O)N[C@H]1[C@H](O[C@H]2[C@@H](O)[C@@H](CO)O[C@H](OC[C@@H](O)[C@@H](O)[C@H](O)[C@@H](O)CNc3cccc(NC(=O)CCCCC4CCSS4)c3)[C@@H]2NC(C)=O)O[C@H](CO)[C@@H](O)[C@@H]1O. The van der Waals surface area contributed by atoms with Crippen molar-refractivity contribution < 1.29 is 79.3 Å². The third-order valence-corrected chi connectivity index (χ3v) is 12.9. The summed E-state index contributed by atoms with van der Waals surface area (Å²) in [5, 5.41) is 106. The van der Waals surface area contributed by atoms with E-state index < -0.39 is 117 Å². The van der Waals surface area contributed by atoms with Crippen LogP contribution in [0.5, 0.6) is 0 Å². The monoisotopic (exact) mass is 866 g/mol. The average molecular weight is 867 g/mol. The van der Waals surface area contributed by atoms with Gasteiger partial charge in [-0.2, -0.15) is 0 Å². The molecule has 3 saturated heterocycles. The molecular weight excluding hydrogens is 809 g/mol. The Morgan fingerprint density at radius 2 is 1.48 bits per heavy atom. The fraction of sp³-hybridized carbons (Fsp3) is 0.750. The second-order valence-corrected chi connectivity index (χ2v) is 17.3. The van der Waals surface area contributed by atoms with Gasteiger partial charge in [0, 0.05) is 49.2 Å². The lowest BCUT2D eigenvalue weighted by Gasteiger charge is -2.48. The van der Waals surface area contributed by atoms with Crippen LogP contribution in [0, 0.1) is 0 Å². The molecule has 3 fully saturated rings. The number of aliphatic hydroxyl groups is 9. The Balaban J connectivity index is 1.33. The van der Waals surface area contributed by atoms with Gasteiger partial charge in [0.05, 0.1) is 25.9 Å². The number of anilines is 2. The highest BCUT2D eigenvalue weighted by Crippen LogP contribution is 2.40. The van der Waals surface area contributed by atoms with Gasteiger partial charge >= 0.3 is 0 Å². The second-order valence-electron chi connectivity index (χ2n) is 14.5. The van der Waals surface area contributed by atoms with E-state index in [1.54, 1.807) is 24.3 Å². The summed E-state index contributed by atoms with van der Waals surface area (Å²) in [4.78, 5) is 36.7. The fourth-order valence-electron chi connectivity index (χ4n) is 6.74. The van der Waals surface area contributed by atoms with Gasteiger partial charge in [-0.25, -0.2) is 0 Å². The molecule has 22 heteroatoms. The predicted molar refractivity (Wildman–Crippen MR) is 210 cm³/mol. The van der Waals surface area contributed by atoms with Crippen molar-refractivity contribution in [2.75, 3.05) is 42.8 Å². The van der Waals surface area contributed by atoms with Crippen LogP contribution in [0.4, 0.5) is 11.4 Å². The van der Waals surface area contributed by atoms with Crippen LogP contribution in [0.25, 0.3) is 0 Å². The van der Waals surface area contributed by atoms with Crippen molar-refractivity contribution in [2.24, 2.45) is 0 Å². The number of aliphatic hydroxyl groups excluding tert-OH is 9. The number of hydrogen-bond donors (Lipinski definition) is 13. The lowest BCUT2D eigenvalue weighted by Crippen LogP contribution is -2.69. The van der Waals surface area contributed by atoms with Crippen molar-refractivity contribution in [3.8, 4) is 0 Å². The molecule has 0 aliphatic carbocycles. The molecule has 0 aromatic heterocycles. The van der Waals surface area contributed by atoms with Gasteiger partial charge in [0.1, 0.15) is 67.0 Å². The van der Waals surface area contributed by atoms with Crippen LogP contribution < -0.4 is 21.3 Å². The zero-order valence-corrected chi connectivity index (χ0v) is 33.9. The summed E-state index contributed by atoms with van der Waals surface area (Å²) in [6, 6.07) is 3.82. The quantitative estimate of drug-likeness (QED) is 0.0436. The van der Waals surface area contributed by atoms with E-state index in [0.29, 0.717) is 23.0 Å². The highest BCUT2D eigenvalue weighted by atomic mass is 33.1. The number of carbonyl (C=O) groups is 3. The highest BCUT2D eigenvalue weighted by molar-refractivity contribution is 8.77. The van der Waals surface area contributed by atoms with Gasteiger partial charge in [0.15, 0.2) is 12.6 Å². The van der Waals surface area contributed by atoms with Crippen LogP contribution in [-0.4, -0.2) is 187 Å². The summed E-state index contributed by atoms with van der Waals surface area (Å²) in [6.45, 7) is -0.414. The first-order valence-electron chi connectivity index (χ1n) is 19.2. The molecule has 0 spiro atoms. The van der Waals surface area contributed by atoms with Crippen molar-refractivity contribution in [2.45, 2.75) is 137 Å². The van der Waals surface area contributed by atoms with E-state index in [0.717, 1.165) is 33.1 Å². The molecule has 3 amide bonds. The minimum absolute atomic E-state index is 0.126. The van der Waals surface area contributed by atoms with Gasteiger partial charge in [-0.15, -0.1) is 0 Å². The standard InChI is InChI=1S/C36H58N4O16S2/c1-17(43)38-27-33(52)31(50)24(14-41)55-36(27)56-34-28(39-18(2)44)35(54-25(15-42)32(34)51)53-16-23(46)30(49)29(48)22(45)13-37-19-6-5-7-20(12-19)40-26(47)9-4-3-8-21-10-11-57-58-21/h5-7,12,21-25,27-37,41-42,45-46,48-52H,3-4,8-11,13-16H2,1-2H3,(H,38,43)(H,39,44)(H,40,47)/t21?,22-,23+,24+,25+,27+,28+,29+,30+,31+,32-,33+,34+,35-,36-/m0/s1. The number of nitrogens with one attached hydrogen (secondary N) is 4. The summed E-state index contributed by atoms with van der Waals surface area (Å²) in [5.41, 5.74) is 1.02. The number of hydrogen-bond acceptors (Lipinski definition) is 19. The summed E-state index contributed by atoms with van der Waals surface area (Å²) in [7, 11) is 3.81. The van der Waals surface area contributed by atoms with Crippen molar-refractivity contribution in [3.63, 3.8) is 0 Å². The van der Waals surface area contributed by atoms with Crippen molar-refractivity contribution in [1.82, 2.24) is 10.6 Å². The van der Waals surface area contributed by atoms with Crippen LogP contribution in [0.15, 0.2) is 24.3 Å². The molecule has 1 aromatic rings. The van der Waals surface area contributed by atoms with Crippen molar-refractivity contribution in [3.05, 3.63) is 24.3 Å². The number of carbonyl (C=O) groups excluding carboxylic acids is 3. The number of benzene rings is 1. The Morgan fingerprint density at radius 1 is 0.845 bits per heavy atom. The maximum atomic E-state index is 12.5. The molecule has 13 N–H and O–H groups in total. The minimum Gasteiger partial charge on any atom is -0.394 e. The molecule has 0 radical (unpaired) electrons. The molecule has 3 aliphatic rings. The lowest BCUT2D eigenvalue weighted by molar-refractivity contribution is -0.330. The summed E-state index contributed by atoms with van der Waals surface area (Å²) >= 11 is 0. The van der Waals surface area contributed by atoms with Gasteiger partial charge in [0.2, 0.25) is 17.7 Å². The zero-order chi connectivity index (χ0) is 42.5. The molecule has 3 heterocycles. The zero-order valence-electron chi connectivity index (χ0n) is 32.2. The summed E-state index contributed by atoms with van der Waals surface area (Å²) < 4.78 is 22.9. The first-order chi connectivity index (χ1) is 27.6. The van der Waals surface area contributed by atoms with E-state index >= 15 is 0 Å². The van der Waals surface area contributed by atoms with E-state index in [4.69, 9.17) is 18.9 Å². The largest absolute Gasteiger partial charge is 0.394 e. The Labute approximate surface area is 343 Å². The smallest absolute Gasteiger partial charge is 0.224 e. The Kier molecular flexibility index (Phi) is 19.6. The number of unbranched alkanes of at least 4 members (excludes halogenated alkanes) is 1.